The average Bonchev–Trinajstić information content (AvgIpc) is 3.33. The van der Waals surface area contributed by atoms with E-state index in [2.05, 4.69) is 20.9 Å². The lowest BCUT2D eigenvalue weighted by atomic mass is 9.95. The zero-order valence-electron chi connectivity index (χ0n) is 25.2. The number of thiazole rings is 1. The van der Waals surface area contributed by atoms with Crippen molar-refractivity contribution < 1.29 is 28.5 Å². The number of hydrogen-bond acceptors (Lipinski definition) is 9. The minimum atomic E-state index is -0.841. The van der Waals surface area contributed by atoms with Crippen molar-refractivity contribution in [3.8, 4) is 23.0 Å². The summed E-state index contributed by atoms with van der Waals surface area (Å²) in [5.41, 5.74) is 2.56. The molecule has 0 saturated carbocycles. The van der Waals surface area contributed by atoms with Crippen molar-refractivity contribution in [3.63, 3.8) is 0 Å². The summed E-state index contributed by atoms with van der Waals surface area (Å²) in [4.78, 5) is 32.5. The van der Waals surface area contributed by atoms with Gasteiger partial charge in [0.15, 0.2) is 27.8 Å². The molecule has 12 heteroatoms. The number of carbonyl (C=O) groups excluding carboxylic acids is 1. The van der Waals surface area contributed by atoms with Gasteiger partial charge in [-0.1, -0.05) is 63.1 Å². The third-order valence-corrected chi connectivity index (χ3v) is 9.18. The monoisotopic (exact) mass is 712 g/mol. The maximum Gasteiger partial charge on any atom is 0.338 e. The summed E-state index contributed by atoms with van der Waals surface area (Å²) in [5, 5.41) is 0.614. The summed E-state index contributed by atoms with van der Waals surface area (Å²) in [6, 6.07) is 15.5. The summed E-state index contributed by atoms with van der Waals surface area (Å²) in [6.45, 7) is 3.89. The molecule has 3 aromatic carbocycles. The molecule has 0 aliphatic carbocycles. The highest BCUT2D eigenvalue weighted by atomic mass is 79.9. The number of carbonyl (C=O) groups is 1. The largest absolute Gasteiger partial charge is 0.493 e. The quantitative estimate of drug-likeness (QED) is 0.191. The Bertz CT molecular complexity index is 1990. The van der Waals surface area contributed by atoms with Gasteiger partial charge in [-0.05, 0) is 61.4 Å². The van der Waals surface area contributed by atoms with Crippen LogP contribution in [0, 0.1) is 0 Å². The van der Waals surface area contributed by atoms with E-state index in [0.29, 0.717) is 58.7 Å². The minimum Gasteiger partial charge on any atom is -0.493 e. The van der Waals surface area contributed by atoms with E-state index < -0.39 is 12.0 Å². The van der Waals surface area contributed by atoms with Crippen LogP contribution in [0.15, 0.2) is 80.1 Å². The fourth-order valence-corrected chi connectivity index (χ4v) is 6.76. The molecule has 1 aliphatic rings. The van der Waals surface area contributed by atoms with E-state index >= 15 is 0 Å². The number of fused-ring (bicyclic) bond motifs is 1. The van der Waals surface area contributed by atoms with Gasteiger partial charge >= 0.3 is 5.97 Å². The van der Waals surface area contributed by atoms with Gasteiger partial charge in [0.25, 0.3) is 5.56 Å². The molecule has 0 amide bonds. The summed E-state index contributed by atoms with van der Waals surface area (Å²) < 4.78 is 30.6. The highest BCUT2D eigenvalue weighted by Crippen LogP contribution is 2.41. The topological polar surface area (TPSA) is 97.6 Å². The fourth-order valence-electron chi connectivity index (χ4n) is 4.98. The number of methoxy groups -OCH3 is 3. The maximum absolute atomic E-state index is 14.1. The lowest BCUT2D eigenvalue weighted by Crippen LogP contribution is -2.40. The fraction of sp³-hybridized carbons (Fsp3) is 0.242. The van der Waals surface area contributed by atoms with E-state index in [1.54, 1.807) is 51.3 Å². The Labute approximate surface area is 277 Å². The molecular formula is C33H30BrClN2O7S. The van der Waals surface area contributed by atoms with Crippen LogP contribution in [0.25, 0.3) is 6.08 Å². The Balaban J connectivity index is 1.60. The van der Waals surface area contributed by atoms with E-state index in [1.807, 2.05) is 30.3 Å². The molecule has 45 heavy (non-hydrogen) atoms. The minimum absolute atomic E-state index is 0.166. The van der Waals surface area contributed by atoms with Gasteiger partial charge in [0.1, 0.15) is 6.61 Å². The standard InChI is InChI=1S/C33H30BrClN2O7S/c1-6-43-32(39)29-18(2)36-33-37(30(29)21-15-26(41-4)27(42-5)16-22(21)34)31(38)28(45-33)14-19-11-12-24(25(13-19)40-3)44-17-20-9-7-8-10-23(20)35/h7-16,30H,6,17H2,1-5H3/b28-14-/t30-/m1/s1. The molecule has 2 heterocycles. The van der Waals surface area contributed by atoms with Crippen LogP contribution in [-0.2, 0) is 16.1 Å². The van der Waals surface area contributed by atoms with Crippen molar-refractivity contribution in [2.75, 3.05) is 27.9 Å². The molecule has 0 radical (unpaired) electrons. The number of benzene rings is 3. The van der Waals surface area contributed by atoms with Crippen LogP contribution >= 0.6 is 38.9 Å². The molecule has 1 atom stereocenters. The molecule has 1 aromatic heterocycles. The van der Waals surface area contributed by atoms with Crippen molar-refractivity contribution in [2.45, 2.75) is 26.5 Å². The predicted molar refractivity (Wildman–Crippen MR) is 176 cm³/mol. The van der Waals surface area contributed by atoms with Gasteiger partial charge in [0.05, 0.1) is 49.8 Å². The molecule has 0 N–H and O–H groups in total. The number of esters is 1. The second-order valence-electron chi connectivity index (χ2n) is 9.82. The Morgan fingerprint density at radius 1 is 1.02 bits per heavy atom. The molecular weight excluding hydrogens is 684 g/mol. The average molecular weight is 714 g/mol. The lowest BCUT2D eigenvalue weighted by Gasteiger charge is -2.26. The number of allylic oxidation sites excluding steroid dienone is 1. The van der Waals surface area contributed by atoms with Crippen LogP contribution in [0.3, 0.4) is 0 Å². The zero-order valence-corrected chi connectivity index (χ0v) is 28.3. The molecule has 4 aromatic rings. The van der Waals surface area contributed by atoms with Gasteiger partial charge in [-0.2, -0.15) is 0 Å². The number of nitrogens with zero attached hydrogens (tertiary/aromatic N) is 2. The third-order valence-electron chi connectivity index (χ3n) is 7.14. The molecule has 0 bridgehead atoms. The SMILES string of the molecule is CCOC(=O)C1=C(C)N=c2s/c(=C\c3ccc(OCc4ccccc4Cl)c(OC)c3)c(=O)n2[C@@H]1c1cc(OC)c(OC)cc1Br. The molecule has 0 saturated heterocycles. The van der Waals surface area contributed by atoms with Crippen molar-refractivity contribution in [3.05, 3.63) is 112 Å². The smallest absolute Gasteiger partial charge is 0.338 e. The van der Waals surface area contributed by atoms with Crippen LogP contribution in [0.1, 0.15) is 36.6 Å². The van der Waals surface area contributed by atoms with Crippen molar-refractivity contribution in [1.82, 2.24) is 4.57 Å². The molecule has 0 fully saturated rings. The molecule has 234 valence electrons. The van der Waals surface area contributed by atoms with Gasteiger partial charge in [-0.3, -0.25) is 9.36 Å². The number of halogens is 2. The second kappa shape index (κ2) is 13.9. The van der Waals surface area contributed by atoms with Crippen LogP contribution < -0.4 is 33.8 Å². The second-order valence-corrected chi connectivity index (χ2v) is 12.1. The van der Waals surface area contributed by atoms with E-state index in [4.69, 9.17) is 35.3 Å². The van der Waals surface area contributed by atoms with Crippen LogP contribution in [0.4, 0.5) is 0 Å². The maximum atomic E-state index is 14.1. The highest BCUT2D eigenvalue weighted by Gasteiger charge is 2.35. The Hall–Kier alpha value is -4.06. The van der Waals surface area contributed by atoms with Gasteiger partial charge in [-0.25, -0.2) is 9.79 Å². The molecule has 1 aliphatic heterocycles. The Morgan fingerprint density at radius 2 is 1.71 bits per heavy atom. The molecule has 0 spiro atoms. The zero-order chi connectivity index (χ0) is 32.2. The van der Waals surface area contributed by atoms with E-state index in [0.717, 1.165) is 5.56 Å². The predicted octanol–water partition coefficient (Wildman–Crippen LogP) is 5.82. The Kier molecular flexibility index (Phi) is 10.0. The van der Waals surface area contributed by atoms with Gasteiger partial charge in [0.2, 0.25) is 0 Å². The first kappa shape index (κ1) is 32.3. The first-order chi connectivity index (χ1) is 21.7. The summed E-state index contributed by atoms with van der Waals surface area (Å²) in [5.74, 6) is 1.41. The lowest BCUT2D eigenvalue weighted by molar-refractivity contribution is -0.139. The molecule has 9 nitrogen and oxygen atoms in total. The third kappa shape index (κ3) is 6.51. The van der Waals surface area contributed by atoms with Crippen LogP contribution in [0.2, 0.25) is 5.02 Å². The van der Waals surface area contributed by atoms with Crippen LogP contribution in [0.5, 0.6) is 23.0 Å². The van der Waals surface area contributed by atoms with Gasteiger partial charge in [0, 0.05) is 15.1 Å². The van der Waals surface area contributed by atoms with E-state index in [9.17, 15) is 9.59 Å². The normalized spacial score (nSPS) is 14.5. The first-order valence-electron chi connectivity index (χ1n) is 13.9. The number of aromatic nitrogens is 1. The summed E-state index contributed by atoms with van der Waals surface area (Å²) >= 11 is 11.1. The van der Waals surface area contributed by atoms with E-state index in [1.165, 1.54) is 30.1 Å². The number of ether oxygens (including phenoxy) is 5. The molecule has 5 rings (SSSR count). The van der Waals surface area contributed by atoms with Crippen molar-refractivity contribution in [2.24, 2.45) is 4.99 Å². The number of rotatable bonds is 10. The van der Waals surface area contributed by atoms with Crippen LogP contribution in [-0.4, -0.2) is 38.5 Å². The number of hydrogen-bond donors (Lipinski definition) is 0. The first-order valence-corrected chi connectivity index (χ1v) is 15.8. The highest BCUT2D eigenvalue weighted by molar-refractivity contribution is 9.10. The summed E-state index contributed by atoms with van der Waals surface area (Å²) in [7, 11) is 4.61. The van der Waals surface area contributed by atoms with Crippen molar-refractivity contribution >= 4 is 50.9 Å². The molecule has 0 unspecified atom stereocenters. The van der Waals surface area contributed by atoms with Gasteiger partial charge < -0.3 is 23.7 Å². The van der Waals surface area contributed by atoms with Crippen molar-refractivity contribution in [1.29, 1.82) is 0 Å². The van der Waals surface area contributed by atoms with Gasteiger partial charge in [-0.15, -0.1) is 0 Å². The Morgan fingerprint density at radius 3 is 2.40 bits per heavy atom. The summed E-state index contributed by atoms with van der Waals surface area (Å²) in [6.07, 6.45) is 1.76. The van der Waals surface area contributed by atoms with E-state index in [-0.39, 0.29) is 24.3 Å².